The Morgan fingerprint density at radius 2 is 1.89 bits per heavy atom. The largest absolute Gasteiger partial charge is 0.494 e. The predicted molar refractivity (Wildman–Crippen MR) is 66.4 cm³/mol. The van der Waals surface area contributed by atoms with E-state index in [4.69, 9.17) is 4.74 Å². The Morgan fingerprint density at radius 1 is 1.28 bits per heavy atom. The van der Waals surface area contributed by atoms with E-state index in [2.05, 4.69) is 0 Å². The Kier molecular flexibility index (Phi) is 4.22. The molecule has 0 bridgehead atoms. The fraction of sp³-hybridized carbons (Fsp3) is 0.429. The second-order valence-electron chi connectivity index (χ2n) is 5.12. The van der Waals surface area contributed by atoms with Crippen molar-refractivity contribution in [2.45, 2.75) is 27.2 Å². The van der Waals surface area contributed by atoms with E-state index in [1.807, 2.05) is 0 Å². The van der Waals surface area contributed by atoms with E-state index in [0.717, 1.165) is 6.07 Å². The van der Waals surface area contributed by atoms with Gasteiger partial charge < -0.3 is 4.74 Å². The van der Waals surface area contributed by atoms with Crippen molar-refractivity contribution in [3.63, 3.8) is 0 Å². The van der Waals surface area contributed by atoms with Gasteiger partial charge >= 0.3 is 0 Å². The Labute approximate surface area is 106 Å². The van der Waals surface area contributed by atoms with Gasteiger partial charge in [-0.25, -0.2) is 4.39 Å². The summed E-state index contributed by atoms with van der Waals surface area (Å²) in [6.07, 6.45) is -0.213. The molecule has 98 valence electrons. The number of benzene rings is 1. The molecule has 0 aliphatic rings. The van der Waals surface area contributed by atoms with Crippen molar-refractivity contribution in [3.8, 4) is 5.75 Å². The molecule has 0 amide bonds. The summed E-state index contributed by atoms with van der Waals surface area (Å²) in [7, 11) is 1.35. The minimum atomic E-state index is -0.605. The van der Waals surface area contributed by atoms with Gasteiger partial charge in [-0.2, -0.15) is 0 Å². The lowest BCUT2D eigenvalue weighted by Gasteiger charge is -2.15. The number of methoxy groups -OCH3 is 1. The van der Waals surface area contributed by atoms with Crippen LogP contribution in [0.25, 0.3) is 0 Å². The third-order valence-electron chi connectivity index (χ3n) is 2.63. The molecule has 0 saturated carbocycles. The van der Waals surface area contributed by atoms with Crippen LogP contribution >= 0.6 is 0 Å². The normalized spacial score (nSPS) is 11.2. The first-order valence-electron chi connectivity index (χ1n) is 5.65. The maximum absolute atomic E-state index is 13.4. The third kappa shape index (κ3) is 3.39. The van der Waals surface area contributed by atoms with Crippen molar-refractivity contribution in [2.75, 3.05) is 7.11 Å². The molecule has 0 heterocycles. The lowest BCUT2D eigenvalue weighted by molar-refractivity contribution is -0.125. The molecule has 3 nitrogen and oxygen atoms in total. The van der Waals surface area contributed by atoms with Gasteiger partial charge in [-0.15, -0.1) is 0 Å². The van der Waals surface area contributed by atoms with Crippen molar-refractivity contribution < 1.29 is 18.7 Å². The van der Waals surface area contributed by atoms with Gasteiger partial charge in [-0.05, 0) is 18.2 Å². The molecule has 0 spiro atoms. The fourth-order valence-corrected chi connectivity index (χ4v) is 1.35. The summed E-state index contributed by atoms with van der Waals surface area (Å²) in [5.74, 6) is -1.07. The van der Waals surface area contributed by atoms with Gasteiger partial charge in [0.25, 0.3) is 0 Å². The molecule has 4 heteroatoms. The number of hydrogen-bond acceptors (Lipinski definition) is 3. The molecule has 1 aromatic rings. The van der Waals surface area contributed by atoms with Gasteiger partial charge in [0.05, 0.1) is 13.5 Å². The third-order valence-corrected chi connectivity index (χ3v) is 2.63. The Hall–Kier alpha value is -1.71. The van der Waals surface area contributed by atoms with E-state index < -0.39 is 11.2 Å². The van der Waals surface area contributed by atoms with E-state index >= 15 is 0 Å². The summed E-state index contributed by atoms with van der Waals surface area (Å²) in [6.45, 7) is 5.24. The van der Waals surface area contributed by atoms with Gasteiger partial charge in [-0.1, -0.05) is 20.8 Å². The monoisotopic (exact) mass is 252 g/mol. The molecular weight excluding hydrogens is 235 g/mol. The summed E-state index contributed by atoms with van der Waals surface area (Å²) in [6, 6.07) is 3.93. The van der Waals surface area contributed by atoms with Gasteiger partial charge in [0, 0.05) is 11.0 Å². The number of ether oxygens (including phenoxy) is 1. The smallest absolute Gasteiger partial charge is 0.170 e. The fourth-order valence-electron chi connectivity index (χ4n) is 1.35. The minimum Gasteiger partial charge on any atom is -0.494 e. The highest BCUT2D eigenvalue weighted by atomic mass is 19.1. The summed E-state index contributed by atoms with van der Waals surface area (Å²) in [4.78, 5) is 23.5. The van der Waals surface area contributed by atoms with Gasteiger partial charge in [0.15, 0.2) is 17.3 Å². The second kappa shape index (κ2) is 5.29. The van der Waals surface area contributed by atoms with E-state index in [0.29, 0.717) is 0 Å². The zero-order chi connectivity index (χ0) is 13.9. The number of rotatable bonds is 4. The van der Waals surface area contributed by atoms with Crippen molar-refractivity contribution in [2.24, 2.45) is 5.41 Å². The number of Topliss-reactive ketones (excluding diaryl/α,β-unsaturated/α-hetero) is 2. The van der Waals surface area contributed by atoms with Crippen LogP contribution in [0.5, 0.6) is 5.75 Å². The van der Waals surface area contributed by atoms with Crippen LogP contribution in [-0.4, -0.2) is 18.7 Å². The lowest BCUT2D eigenvalue weighted by Crippen LogP contribution is -2.23. The average molecular weight is 252 g/mol. The summed E-state index contributed by atoms with van der Waals surface area (Å²) in [5, 5.41) is 0. The zero-order valence-electron chi connectivity index (χ0n) is 11.0. The lowest BCUT2D eigenvalue weighted by atomic mass is 9.87. The first-order chi connectivity index (χ1) is 8.25. The van der Waals surface area contributed by atoms with Crippen LogP contribution in [0.15, 0.2) is 18.2 Å². The number of carbonyl (C=O) groups is 2. The van der Waals surface area contributed by atoms with Crippen molar-refractivity contribution in [1.29, 1.82) is 0 Å². The number of halogens is 1. The molecule has 0 radical (unpaired) electrons. The number of ketones is 2. The van der Waals surface area contributed by atoms with E-state index in [1.54, 1.807) is 20.8 Å². The average Bonchev–Trinajstić information content (AvgIpc) is 2.27. The molecule has 0 aromatic heterocycles. The molecule has 18 heavy (non-hydrogen) atoms. The Morgan fingerprint density at radius 3 is 2.33 bits per heavy atom. The van der Waals surface area contributed by atoms with Crippen LogP contribution in [0, 0.1) is 11.2 Å². The van der Waals surface area contributed by atoms with E-state index in [9.17, 15) is 14.0 Å². The van der Waals surface area contributed by atoms with Gasteiger partial charge in [0.2, 0.25) is 0 Å². The molecule has 0 aliphatic carbocycles. The molecule has 0 N–H and O–H groups in total. The highest BCUT2D eigenvalue weighted by molar-refractivity contribution is 6.09. The van der Waals surface area contributed by atoms with Crippen LogP contribution in [0.4, 0.5) is 4.39 Å². The maximum Gasteiger partial charge on any atom is 0.170 e. The van der Waals surface area contributed by atoms with Crippen LogP contribution in [-0.2, 0) is 4.79 Å². The molecular formula is C14H17FO3. The van der Waals surface area contributed by atoms with Crippen molar-refractivity contribution in [1.82, 2.24) is 0 Å². The Bertz CT molecular complexity index is 472. The van der Waals surface area contributed by atoms with Gasteiger partial charge in [-0.3, -0.25) is 9.59 Å². The highest BCUT2D eigenvalue weighted by Gasteiger charge is 2.24. The molecule has 0 unspecified atom stereocenters. The van der Waals surface area contributed by atoms with E-state index in [-0.39, 0.29) is 29.3 Å². The molecule has 0 fully saturated rings. The SMILES string of the molecule is COc1ccc(C(=O)CC(=O)C(C)(C)C)cc1F. The van der Waals surface area contributed by atoms with Crippen molar-refractivity contribution in [3.05, 3.63) is 29.6 Å². The highest BCUT2D eigenvalue weighted by Crippen LogP contribution is 2.21. The molecule has 0 atom stereocenters. The quantitative estimate of drug-likeness (QED) is 0.611. The van der Waals surface area contributed by atoms with Crippen LogP contribution in [0.2, 0.25) is 0 Å². The van der Waals surface area contributed by atoms with Crippen molar-refractivity contribution >= 4 is 11.6 Å². The summed E-state index contributed by atoms with van der Waals surface area (Å²) < 4.78 is 18.2. The number of carbonyl (C=O) groups excluding carboxylic acids is 2. The minimum absolute atomic E-state index is 0.0775. The first kappa shape index (κ1) is 14.4. The Balaban J connectivity index is 2.86. The molecule has 0 aliphatic heterocycles. The van der Waals surface area contributed by atoms with Crippen LogP contribution < -0.4 is 4.74 Å². The topological polar surface area (TPSA) is 43.4 Å². The van der Waals surface area contributed by atoms with Crippen LogP contribution in [0.3, 0.4) is 0 Å². The summed E-state index contributed by atoms with van der Waals surface area (Å²) in [5.41, 5.74) is -0.383. The summed E-state index contributed by atoms with van der Waals surface area (Å²) >= 11 is 0. The standard InChI is InChI=1S/C14H17FO3/c1-14(2,3)13(17)8-11(16)9-5-6-12(18-4)10(15)7-9/h5-7H,8H2,1-4H3. The first-order valence-corrected chi connectivity index (χ1v) is 5.65. The predicted octanol–water partition coefficient (Wildman–Crippen LogP) is 3.02. The number of hydrogen-bond donors (Lipinski definition) is 0. The zero-order valence-corrected chi connectivity index (χ0v) is 11.0. The maximum atomic E-state index is 13.4. The molecule has 0 saturated heterocycles. The van der Waals surface area contributed by atoms with E-state index in [1.165, 1.54) is 19.2 Å². The van der Waals surface area contributed by atoms with Gasteiger partial charge in [0.1, 0.15) is 5.78 Å². The second-order valence-corrected chi connectivity index (χ2v) is 5.12. The van der Waals surface area contributed by atoms with Crippen LogP contribution in [0.1, 0.15) is 37.6 Å². The molecule has 1 aromatic carbocycles. The molecule has 1 rings (SSSR count).